The summed E-state index contributed by atoms with van der Waals surface area (Å²) in [6.45, 7) is 0. The predicted octanol–water partition coefficient (Wildman–Crippen LogP) is 10.5. The maximum absolute atomic E-state index is 2.33. The van der Waals surface area contributed by atoms with Crippen LogP contribution in [0.25, 0.3) is 44.2 Å². The summed E-state index contributed by atoms with van der Waals surface area (Å²) in [5.74, 6) is 0. The van der Waals surface area contributed by atoms with E-state index in [0.29, 0.717) is 0 Å². The average molecular weight is 521 g/mol. The molecule has 8 rings (SSSR count). The van der Waals surface area contributed by atoms with E-state index in [1.54, 1.807) is 0 Å². The van der Waals surface area contributed by atoms with Crippen LogP contribution in [0.1, 0.15) is 22.3 Å². The minimum absolute atomic E-state index is 0.356. The Morgan fingerprint density at radius 2 is 0.756 bits per heavy atom. The fraction of sp³-hybridized carbons (Fsp3) is 0.0244. The molecule has 0 nitrogen and oxygen atoms in total. The highest BCUT2D eigenvalue weighted by Crippen LogP contribution is 2.56. The van der Waals surface area contributed by atoms with Gasteiger partial charge in [0.25, 0.3) is 0 Å². The topological polar surface area (TPSA) is 0 Å². The van der Waals surface area contributed by atoms with E-state index >= 15 is 0 Å². The molecule has 0 spiro atoms. The van der Waals surface area contributed by atoms with E-state index in [9.17, 15) is 0 Å². The third-order valence-corrected chi connectivity index (χ3v) is 8.80. The SMILES string of the molecule is c1ccc(C2(c3ccc(-c4ccc(-c5cccc6ccccc56)cc4)cc3)c3ccccc3-c3ccccc32)cc1. The van der Waals surface area contributed by atoms with E-state index < -0.39 is 0 Å². The van der Waals surface area contributed by atoms with Crippen molar-refractivity contribution in [2.24, 2.45) is 0 Å². The average Bonchev–Trinajstić information content (AvgIpc) is 3.36. The lowest BCUT2D eigenvalue weighted by atomic mass is 9.67. The molecule has 7 aromatic rings. The highest BCUT2D eigenvalue weighted by molar-refractivity contribution is 5.97. The maximum Gasteiger partial charge on any atom is 0.0713 e. The molecule has 0 saturated heterocycles. The molecular weight excluding hydrogens is 492 g/mol. The molecule has 0 N–H and O–H groups in total. The largest absolute Gasteiger partial charge is 0.0713 e. The van der Waals surface area contributed by atoms with Crippen LogP contribution in [0, 0.1) is 0 Å². The van der Waals surface area contributed by atoms with E-state index in [4.69, 9.17) is 0 Å². The Kier molecular flexibility index (Phi) is 5.47. The van der Waals surface area contributed by atoms with Gasteiger partial charge in [0.15, 0.2) is 0 Å². The molecule has 192 valence electrons. The molecule has 0 aromatic heterocycles. The Bertz CT molecular complexity index is 1960. The zero-order valence-corrected chi connectivity index (χ0v) is 22.7. The summed E-state index contributed by atoms with van der Waals surface area (Å²) in [5, 5.41) is 2.56. The van der Waals surface area contributed by atoms with Crippen molar-refractivity contribution in [1.82, 2.24) is 0 Å². The van der Waals surface area contributed by atoms with Crippen molar-refractivity contribution in [2.45, 2.75) is 5.41 Å². The van der Waals surface area contributed by atoms with E-state index in [0.717, 1.165) is 0 Å². The maximum atomic E-state index is 2.33. The molecular formula is C41H28. The minimum Gasteiger partial charge on any atom is -0.0622 e. The Labute approximate surface area is 241 Å². The van der Waals surface area contributed by atoms with Gasteiger partial charge in [-0.15, -0.1) is 0 Å². The Balaban J connectivity index is 1.23. The Morgan fingerprint density at radius 3 is 1.44 bits per heavy atom. The minimum atomic E-state index is -0.356. The molecule has 0 radical (unpaired) electrons. The van der Waals surface area contributed by atoms with Gasteiger partial charge in [-0.2, -0.15) is 0 Å². The van der Waals surface area contributed by atoms with Crippen LogP contribution in [-0.4, -0.2) is 0 Å². The first kappa shape index (κ1) is 23.7. The first-order valence-corrected chi connectivity index (χ1v) is 14.3. The zero-order valence-electron chi connectivity index (χ0n) is 22.7. The van der Waals surface area contributed by atoms with E-state index in [-0.39, 0.29) is 5.41 Å². The summed E-state index contributed by atoms with van der Waals surface area (Å²) >= 11 is 0. The first-order valence-electron chi connectivity index (χ1n) is 14.3. The lowest BCUT2D eigenvalue weighted by Crippen LogP contribution is -2.28. The van der Waals surface area contributed by atoms with E-state index in [2.05, 4.69) is 170 Å². The third kappa shape index (κ3) is 3.61. The molecule has 41 heavy (non-hydrogen) atoms. The highest BCUT2D eigenvalue weighted by Gasteiger charge is 2.45. The molecule has 0 atom stereocenters. The molecule has 0 saturated carbocycles. The third-order valence-electron chi connectivity index (χ3n) is 8.80. The van der Waals surface area contributed by atoms with Crippen LogP contribution in [0.4, 0.5) is 0 Å². The second-order valence-corrected chi connectivity index (χ2v) is 10.9. The van der Waals surface area contributed by atoms with Gasteiger partial charge >= 0.3 is 0 Å². The van der Waals surface area contributed by atoms with Crippen LogP contribution in [0.15, 0.2) is 170 Å². The van der Waals surface area contributed by atoms with Crippen molar-refractivity contribution in [3.05, 3.63) is 192 Å². The molecule has 0 unspecified atom stereocenters. The summed E-state index contributed by atoms with van der Waals surface area (Å²) in [6.07, 6.45) is 0. The lowest BCUT2D eigenvalue weighted by molar-refractivity contribution is 0.768. The van der Waals surface area contributed by atoms with Gasteiger partial charge in [0, 0.05) is 0 Å². The zero-order chi connectivity index (χ0) is 27.2. The van der Waals surface area contributed by atoms with Gasteiger partial charge in [-0.25, -0.2) is 0 Å². The van der Waals surface area contributed by atoms with E-state index in [1.165, 1.54) is 66.4 Å². The molecule has 0 fully saturated rings. The van der Waals surface area contributed by atoms with Crippen LogP contribution < -0.4 is 0 Å². The van der Waals surface area contributed by atoms with Crippen LogP contribution in [0.5, 0.6) is 0 Å². The molecule has 0 heterocycles. The second kappa shape index (κ2) is 9.47. The number of rotatable bonds is 4. The number of hydrogen-bond acceptors (Lipinski definition) is 0. The van der Waals surface area contributed by atoms with Gasteiger partial charge in [-0.05, 0) is 66.4 Å². The molecule has 1 aliphatic carbocycles. The van der Waals surface area contributed by atoms with Gasteiger partial charge in [0.2, 0.25) is 0 Å². The van der Waals surface area contributed by atoms with Gasteiger partial charge in [-0.3, -0.25) is 0 Å². The van der Waals surface area contributed by atoms with Crippen LogP contribution in [0.3, 0.4) is 0 Å². The monoisotopic (exact) mass is 520 g/mol. The van der Waals surface area contributed by atoms with Gasteiger partial charge in [0.1, 0.15) is 0 Å². The van der Waals surface area contributed by atoms with Gasteiger partial charge in [-0.1, -0.05) is 170 Å². The van der Waals surface area contributed by atoms with Crippen LogP contribution in [0.2, 0.25) is 0 Å². The van der Waals surface area contributed by atoms with E-state index in [1.807, 2.05) is 0 Å². The molecule has 0 bridgehead atoms. The Morgan fingerprint density at radius 1 is 0.293 bits per heavy atom. The van der Waals surface area contributed by atoms with Crippen molar-refractivity contribution < 1.29 is 0 Å². The number of fused-ring (bicyclic) bond motifs is 4. The quantitative estimate of drug-likeness (QED) is 0.216. The molecule has 7 aromatic carbocycles. The normalized spacial score (nSPS) is 13.1. The van der Waals surface area contributed by atoms with Gasteiger partial charge in [0.05, 0.1) is 5.41 Å². The summed E-state index contributed by atoms with van der Waals surface area (Å²) in [6, 6.07) is 62.2. The standard InChI is InChI=1S/C41H28/c1-2-13-33(14-3-1)41(39-19-8-6-16-37(39)38-17-7-9-20-40(38)41)34-27-25-30(26-28-34)29-21-23-32(24-22-29)36-18-10-12-31-11-4-5-15-35(31)36/h1-28H. The van der Waals surface area contributed by atoms with Crippen LogP contribution >= 0.6 is 0 Å². The Hall–Kier alpha value is -5.20. The highest BCUT2D eigenvalue weighted by atomic mass is 14.5. The number of benzene rings is 7. The fourth-order valence-corrected chi connectivity index (χ4v) is 6.94. The first-order chi connectivity index (χ1) is 20.3. The summed E-state index contributed by atoms with van der Waals surface area (Å²) in [7, 11) is 0. The molecule has 0 amide bonds. The second-order valence-electron chi connectivity index (χ2n) is 10.9. The van der Waals surface area contributed by atoms with Gasteiger partial charge < -0.3 is 0 Å². The molecule has 0 aliphatic heterocycles. The van der Waals surface area contributed by atoms with Crippen molar-refractivity contribution >= 4 is 10.8 Å². The summed E-state index contributed by atoms with van der Waals surface area (Å²) < 4.78 is 0. The fourth-order valence-electron chi connectivity index (χ4n) is 6.94. The predicted molar refractivity (Wildman–Crippen MR) is 172 cm³/mol. The van der Waals surface area contributed by atoms with Crippen molar-refractivity contribution in [3.8, 4) is 33.4 Å². The van der Waals surface area contributed by atoms with Crippen molar-refractivity contribution in [3.63, 3.8) is 0 Å². The molecule has 0 heteroatoms. The number of hydrogen-bond donors (Lipinski definition) is 0. The van der Waals surface area contributed by atoms with Crippen molar-refractivity contribution in [2.75, 3.05) is 0 Å². The molecule has 1 aliphatic rings. The summed E-state index contributed by atoms with van der Waals surface area (Å²) in [4.78, 5) is 0. The van der Waals surface area contributed by atoms with Crippen molar-refractivity contribution in [1.29, 1.82) is 0 Å². The lowest BCUT2D eigenvalue weighted by Gasteiger charge is -2.34. The smallest absolute Gasteiger partial charge is 0.0622 e. The van der Waals surface area contributed by atoms with Crippen LogP contribution in [-0.2, 0) is 5.41 Å². The summed E-state index contributed by atoms with van der Waals surface area (Å²) in [5.41, 5.74) is 12.5.